The van der Waals surface area contributed by atoms with Crippen molar-refractivity contribution in [2.24, 2.45) is 0 Å². The number of carbonyl (C=O) groups is 1. The maximum Gasteiger partial charge on any atom is 0.222 e. The molecule has 0 fully saturated rings. The van der Waals surface area contributed by atoms with Gasteiger partial charge in [0.2, 0.25) is 5.91 Å². The quantitative estimate of drug-likeness (QED) is 0.707. The van der Waals surface area contributed by atoms with Crippen LogP contribution in [-0.4, -0.2) is 34.1 Å². The number of aromatic nitrogens is 2. The Morgan fingerprint density at radius 1 is 1.47 bits per heavy atom. The van der Waals surface area contributed by atoms with Crippen molar-refractivity contribution in [2.75, 3.05) is 13.2 Å². The molecular formula is C12H15N3O2. The number of imidazole rings is 1. The molecule has 1 heterocycles. The number of amides is 1. The minimum absolute atomic E-state index is 0.105. The molecule has 5 nitrogen and oxygen atoms in total. The second kappa shape index (κ2) is 5.45. The van der Waals surface area contributed by atoms with Gasteiger partial charge in [-0.05, 0) is 24.1 Å². The SMILES string of the molecule is O=C(CCO)NCCc1ccc2nc[nH]c2c1. The van der Waals surface area contributed by atoms with E-state index in [0.717, 1.165) is 23.0 Å². The minimum Gasteiger partial charge on any atom is -0.396 e. The molecule has 0 bridgehead atoms. The molecule has 17 heavy (non-hydrogen) atoms. The Labute approximate surface area is 98.9 Å². The van der Waals surface area contributed by atoms with Crippen LogP contribution in [0.1, 0.15) is 12.0 Å². The fourth-order valence-electron chi connectivity index (χ4n) is 1.67. The molecule has 1 amide bonds. The number of rotatable bonds is 5. The lowest BCUT2D eigenvalue weighted by Crippen LogP contribution is -2.26. The summed E-state index contributed by atoms with van der Waals surface area (Å²) in [6.45, 7) is 0.477. The molecule has 0 aliphatic rings. The van der Waals surface area contributed by atoms with Crippen LogP contribution in [0.25, 0.3) is 11.0 Å². The highest BCUT2D eigenvalue weighted by atomic mass is 16.3. The number of aliphatic hydroxyl groups is 1. The molecule has 0 unspecified atom stereocenters. The summed E-state index contributed by atoms with van der Waals surface area (Å²) in [7, 11) is 0. The van der Waals surface area contributed by atoms with E-state index in [1.165, 1.54) is 0 Å². The Hall–Kier alpha value is -1.88. The highest BCUT2D eigenvalue weighted by Gasteiger charge is 2.01. The summed E-state index contributed by atoms with van der Waals surface area (Å²) in [5.41, 5.74) is 3.09. The highest BCUT2D eigenvalue weighted by Crippen LogP contribution is 2.11. The first-order chi connectivity index (χ1) is 8.29. The lowest BCUT2D eigenvalue weighted by Gasteiger charge is -2.04. The lowest BCUT2D eigenvalue weighted by molar-refractivity contribution is -0.121. The number of H-pyrrole nitrogens is 1. The Morgan fingerprint density at radius 2 is 2.35 bits per heavy atom. The predicted octanol–water partition coefficient (Wildman–Crippen LogP) is 0.604. The van der Waals surface area contributed by atoms with Crippen LogP contribution in [-0.2, 0) is 11.2 Å². The van der Waals surface area contributed by atoms with Crippen LogP contribution in [0, 0.1) is 0 Å². The van der Waals surface area contributed by atoms with Gasteiger partial charge in [-0.3, -0.25) is 4.79 Å². The van der Waals surface area contributed by atoms with E-state index in [1.54, 1.807) is 6.33 Å². The van der Waals surface area contributed by atoms with Gasteiger partial charge in [0, 0.05) is 13.0 Å². The van der Waals surface area contributed by atoms with Crippen molar-refractivity contribution in [1.82, 2.24) is 15.3 Å². The van der Waals surface area contributed by atoms with E-state index in [9.17, 15) is 4.79 Å². The zero-order chi connectivity index (χ0) is 12.1. The van der Waals surface area contributed by atoms with Gasteiger partial charge in [-0.2, -0.15) is 0 Å². The van der Waals surface area contributed by atoms with E-state index >= 15 is 0 Å². The average molecular weight is 233 g/mol. The van der Waals surface area contributed by atoms with Crippen molar-refractivity contribution in [2.45, 2.75) is 12.8 Å². The van der Waals surface area contributed by atoms with E-state index in [2.05, 4.69) is 15.3 Å². The fraction of sp³-hybridized carbons (Fsp3) is 0.333. The number of aromatic amines is 1. The van der Waals surface area contributed by atoms with Gasteiger partial charge >= 0.3 is 0 Å². The fourth-order valence-corrected chi connectivity index (χ4v) is 1.67. The van der Waals surface area contributed by atoms with Crippen molar-refractivity contribution in [3.05, 3.63) is 30.1 Å². The standard InChI is InChI=1S/C12H15N3O2/c16-6-4-12(17)13-5-3-9-1-2-10-11(7-9)15-8-14-10/h1-2,7-8,16H,3-6H2,(H,13,17)(H,14,15). The van der Waals surface area contributed by atoms with Crippen LogP contribution in [0.3, 0.4) is 0 Å². The van der Waals surface area contributed by atoms with Gasteiger partial charge in [0.1, 0.15) is 0 Å². The molecule has 0 aliphatic heterocycles. The summed E-state index contributed by atoms with van der Waals surface area (Å²) in [6.07, 6.45) is 2.60. The number of carbonyl (C=O) groups excluding carboxylic acids is 1. The van der Waals surface area contributed by atoms with Crippen LogP contribution < -0.4 is 5.32 Å². The van der Waals surface area contributed by atoms with Crippen LogP contribution in [0.15, 0.2) is 24.5 Å². The molecule has 0 aliphatic carbocycles. The summed E-state index contributed by atoms with van der Waals surface area (Å²) < 4.78 is 0. The molecule has 0 spiro atoms. The Morgan fingerprint density at radius 3 is 3.18 bits per heavy atom. The van der Waals surface area contributed by atoms with Gasteiger partial charge < -0.3 is 15.4 Å². The summed E-state index contributed by atoms with van der Waals surface area (Å²) in [5.74, 6) is -0.116. The normalized spacial score (nSPS) is 10.6. The largest absolute Gasteiger partial charge is 0.396 e. The molecule has 0 saturated heterocycles. The van der Waals surface area contributed by atoms with Crippen molar-refractivity contribution in [3.63, 3.8) is 0 Å². The van der Waals surface area contributed by atoms with Crippen molar-refractivity contribution in [3.8, 4) is 0 Å². The Kier molecular flexibility index (Phi) is 3.72. The predicted molar refractivity (Wildman–Crippen MR) is 64.5 cm³/mol. The first-order valence-electron chi connectivity index (χ1n) is 5.59. The number of benzene rings is 1. The smallest absolute Gasteiger partial charge is 0.222 e. The van der Waals surface area contributed by atoms with E-state index in [0.29, 0.717) is 6.54 Å². The first kappa shape index (κ1) is 11.6. The lowest BCUT2D eigenvalue weighted by atomic mass is 10.1. The molecule has 3 N–H and O–H groups in total. The van der Waals surface area contributed by atoms with Gasteiger partial charge in [-0.1, -0.05) is 6.07 Å². The van der Waals surface area contributed by atoms with E-state index < -0.39 is 0 Å². The van der Waals surface area contributed by atoms with Crippen molar-refractivity contribution >= 4 is 16.9 Å². The molecule has 90 valence electrons. The van der Waals surface area contributed by atoms with Crippen LogP contribution in [0.5, 0.6) is 0 Å². The van der Waals surface area contributed by atoms with Crippen LogP contribution in [0.2, 0.25) is 0 Å². The number of hydrogen-bond donors (Lipinski definition) is 3. The van der Waals surface area contributed by atoms with Gasteiger partial charge in [-0.15, -0.1) is 0 Å². The maximum absolute atomic E-state index is 11.1. The molecule has 0 atom stereocenters. The third kappa shape index (κ3) is 3.04. The van der Waals surface area contributed by atoms with Gasteiger partial charge in [0.05, 0.1) is 24.0 Å². The summed E-state index contributed by atoms with van der Waals surface area (Å²) in [5, 5.41) is 11.3. The Balaban J connectivity index is 1.88. The zero-order valence-corrected chi connectivity index (χ0v) is 9.44. The monoisotopic (exact) mass is 233 g/mol. The summed E-state index contributed by atoms with van der Waals surface area (Å²) in [6, 6.07) is 5.98. The molecular weight excluding hydrogens is 218 g/mol. The van der Waals surface area contributed by atoms with Crippen LogP contribution in [0.4, 0.5) is 0 Å². The van der Waals surface area contributed by atoms with E-state index in [1.807, 2.05) is 18.2 Å². The third-order valence-corrected chi connectivity index (χ3v) is 2.56. The number of fused-ring (bicyclic) bond motifs is 1. The van der Waals surface area contributed by atoms with Crippen molar-refractivity contribution < 1.29 is 9.90 Å². The van der Waals surface area contributed by atoms with Crippen molar-refractivity contribution in [1.29, 1.82) is 0 Å². The van der Waals surface area contributed by atoms with Gasteiger partial charge in [0.25, 0.3) is 0 Å². The van der Waals surface area contributed by atoms with E-state index in [4.69, 9.17) is 5.11 Å². The Bertz CT molecular complexity index is 507. The first-order valence-corrected chi connectivity index (χ1v) is 5.59. The molecule has 5 heteroatoms. The topological polar surface area (TPSA) is 78.0 Å². The second-order valence-electron chi connectivity index (χ2n) is 3.83. The molecule has 1 aromatic carbocycles. The molecule has 0 radical (unpaired) electrons. The van der Waals surface area contributed by atoms with E-state index in [-0.39, 0.29) is 18.9 Å². The molecule has 2 rings (SSSR count). The van der Waals surface area contributed by atoms with Gasteiger partial charge in [-0.25, -0.2) is 4.98 Å². The average Bonchev–Trinajstić information content (AvgIpc) is 2.76. The highest BCUT2D eigenvalue weighted by molar-refractivity contribution is 5.76. The summed E-state index contributed by atoms with van der Waals surface area (Å²) in [4.78, 5) is 18.3. The molecule has 2 aromatic rings. The number of aliphatic hydroxyl groups excluding tert-OH is 1. The van der Waals surface area contributed by atoms with Crippen LogP contribution >= 0.6 is 0 Å². The maximum atomic E-state index is 11.1. The third-order valence-electron chi connectivity index (χ3n) is 2.56. The number of hydrogen-bond acceptors (Lipinski definition) is 3. The minimum atomic E-state index is -0.116. The number of nitrogens with one attached hydrogen (secondary N) is 2. The summed E-state index contributed by atoms with van der Waals surface area (Å²) >= 11 is 0. The number of nitrogens with zero attached hydrogens (tertiary/aromatic N) is 1. The zero-order valence-electron chi connectivity index (χ0n) is 9.44. The molecule has 0 saturated carbocycles. The second-order valence-corrected chi connectivity index (χ2v) is 3.83. The molecule has 1 aromatic heterocycles. The van der Waals surface area contributed by atoms with Gasteiger partial charge in [0.15, 0.2) is 0 Å².